The number of rotatable bonds is 7. The molecule has 0 spiro atoms. The van der Waals surface area contributed by atoms with E-state index >= 15 is 0 Å². The number of hydrogen-bond donors (Lipinski definition) is 1. The molecule has 0 bridgehead atoms. The zero-order valence-electron chi connectivity index (χ0n) is 16.1. The first-order valence-corrected chi connectivity index (χ1v) is 12.1. The molecule has 0 amide bonds. The van der Waals surface area contributed by atoms with E-state index in [1.165, 1.54) is 23.9 Å². The van der Waals surface area contributed by atoms with Crippen molar-refractivity contribution in [2.75, 3.05) is 0 Å². The molecule has 0 atom stereocenters. The number of nitrogens with two attached hydrogens (primary N) is 1. The van der Waals surface area contributed by atoms with Crippen LogP contribution in [0.25, 0.3) is 22.5 Å². The van der Waals surface area contributed by atoms with Crippen molar-refractivity contribution in [1.29, 1.82) is 0 Å². The van der Waals surface area contributed by atoms with E-state index in [-0.39, 0.29) is 4.90 Å². The Morgan fingerprint density at radius 2 is 1.93 bits per heavy atom. The first-order valence-electron chi connectivity index (χ1n) is 9.21. The number of aromatic nitrogens is 3. The topological polar surface area (TPSA) is 104 Å². The molecule has 2 aromatic carbocycles. The molecule has 156 valence electrons. The first-order chi connectivity index (χ1) is 14.3. The number of imidazole rings is 1. The number of halogens is 1. The summed E-state index contributed by atoms with van der Waals surface area (Å²) in [4.78, 5) is 9.22. The van der Waals surface area contributed by atoms with Crippen LogP contribution in [0.1, 0.15) is 19.0 Å². The van der Waals surface area contributed by atoms with E-state index in [1.807, 2.05) is 12.1 Å². The highest BCUT2D eigenvalue weighted by molar-refractivity contribution is 7.98. The van der Waals surface area contributed by atoms with Crippen LogP contribution in [0.4, 0.5) is 0 Å². The Hall–Kier alpha value is -2.33. The van der Waals surface area contributed by atoms with Crippen LogP contribution in [-0.2, 0) is 22.3 Å². The lowest BCUT2D eigenvalue weighted by molar-refractivity contribution is 0.573. The second-order valence-corrected chi connectivity index (χ2v) is 9.62. The number of hydrogen-bond acceptors (Lipinski definition) is 6. The molecule has 0 fully saturated rings. The van der Waals surface area contributed by atoms with E-state index in [9.17, 15) is 8.42 Å². The van der Waals surface area contributed by atoms with Crippen LogP contribution in [-0.4, -0.2) is 23.0 Å². The summed E-state index contributed by atoms with van der Waals surface area (Å²) in [6, 6.07) is 12.1. The lowest BCUT2D eigenvalue weighted by atomic mass is 10.2. The van der Waals surface area contributed by atoms with Crippen LogP contribution in [0, 0.1) is 0 Å². The number of benzene rings is 2. The molecule has 0 saturated carbocycles. The third kappa shape index (κ3) is 4.39. The first kappa shape index (κ1) is 20.9. The molecule has 0 aliphatic rings. The summed E-state index contributed by atoms with van der Waals surface area (Å²) in [7, 11) is -3.78. The lowest BCUT2D eigenvalue weighted by Gasteiger charge is -2.06. The zero-order chi connectivity index (χ0) is 21.3. The average molecular weight is 463 g/mol. The second-order valence-electron chi connectivity index (χ2n) is 6.68. The van der Waals surface area contributed by atoms with Gasteiger partial charge in [-0.25, -0.2) is 23.5 Å². The van der Waals surface area contributed by atoms with Crippen LogP contribution in [0.3, 0.4) is 0 Å². The minimum absolute atomic E-state index is 0.0526. The van der Waals surface area contributed by atoms with Gasteiger partial charge in [0.15, 0.2) is 5.16 Å². The molecule has 2 aromatic heterocycles. The fraction of sp³-hybridized carbons (Fsp3) is 0.200. The van der Waals surface area contributed by atoms with Crippen molar-refractivity contribution in [3.05, 3.63) is 59.4 Å². The lowest BCUT2D eigenvalue weighted by Crippen LogP contribution is -2.11. The summed E-state index contributed by atoms with van der Waals surface area (Å²) in [6.07, 6.45) is 2.55. The normalized spacial score (nSPS) is 12.0. The van der Waals surface area contributed by atoms with Gasteiger partial charge in [-0.3, -0.25) is 0 Å². The van der Waals surface area contributed by atoms with Crippen molar-refractivity contribution in [2.24, 2.45) is 5.14 Å². The van der Waals surface area contributed by atoms with Crippen molar-refractivity contribution in [3.8, 4) is 11.5 Å². The number of sulfonamides is 1. The predicted octanol–water partition coefficient (Wildman–Crippen LogP) is 4.69. The van der Waals surface area contributed by atoms with Gasteiger partial charge in [-0.05, 0) is 48.9 Å². The Bertz CT molecular complexity index is 1300. The van der Waals surface area contributed by atoms with Crippen molar-refractivity contribution >= 4 is 44.4 Å². The molecule has 2 heterocycles. The SMILES string of the molecule is CCCn1c(SCc2coc(-c3ccc(Cl)cc3)n2)nc2cc(S(N)(=O)=O)ccc21. The van der Waals surface area contributed by atoms with Gasteiger partial charge in [0.1, 0.15) is 6.26 Å². The number of thioether (sulfide) groups is 1. The quantitative estimate of drug-likeness (QED) is 0.399. The molecule has 10 heteroatoms. The fourth-order valence-electron chi connectivity index (χ4n) is 3.05. The van der Waals surface area contributed by atoms with E-state index in [1.54, 1.807) is 24.5 Å². The van der Waals surface area contributed by atoms with Gasteiger partial charge in [-0.2, -0.15) is 0 Å². The van der Waals surface area contributed by atoms with Gasteiger partial charge in [0, 0.05) is 22.9 Å². The Labute approximate surface area is 183 Å². The van der Waals surface area contributed by atoms with Crippen molar-refractivity contribution < 1.29 is 12.8 Å². The maximum atomic E-state index is 11.7. The van der Waals surface area contributed by atoms with Crippen molar-refractivity contribution in [1.82, 2.24) is 14.5 Å². The third-order valence-electron chi connectivity index (χ3n) is 4.45. The number of primary sulfonamides is 1. The average Bonchev–Trinajstić information content (AvgIpc) is 3.31. The number of fused-ring (bicyclic) bond motifs is 1. The van der Waals surface area contributed by atoms with Crippen LogP contribution in [0.15, 0.2) is 63.2 Å². The van der Waals surface area contributed by atoms with E-state index in [4.69, 9.17) is 21.2 Å². The van der Waals surface area contributed by atoms with Crippen LogP contribution < -0.4 is 5.14 Å². The van der Waals surface area contributed by atoms with Crippen molar-refractivity contribution in [2.45, 2.75) is 35.7 Å². The maximum absolute atomic E-state index is 11.7. The van der Waals surface area contributed by atoms with E-state index in [0.717, 1.165) is 34.9 Å². The van der Waals surface area contributed by atoms with Gasteiger partial charge < -0.3 is 8.98 Å². The zero-order valence-corrected chi connectivity index (χ0v) is 18.5. The molecule has 4 rings (SSSR count). The van der Waals surface area contributed by atoms with Gasteiger partial charge in [-0.1, -0.05) is 30.3 Å². The molecule has 7 nitrogen and oxygen atoms in total. The van der Waals surface area contributed by atoms with Crippen LogP contribution >= 0.6 is 23.4 Å². The molecule has 0 radical (unpaired) electrons. The Kier molecular flexibility index (Phi) is 5.88. The Morgan fingerprint density at radius 3 is 2.63 bits per heavy atom. The predicted molar refractivity (Wildman–Crippen MR) is 118 cm³/mol. The summed E-state index contributed by atoms with van der Waals surface area (Å²) in [6.45, 7) is 2.84. The number of aryl methyl sites for hydroxylation is 1. The number of nitrogens with zero attached hydrogens (tertiary/aromatic N) is 3. The molecule has 0 aliphatic heterocycles. The van der Waals surface area contributed by atoms with Gasteiger partial charge in [0.05, 0.1) is 21.6 Å². The highest BCUT2D eigenvalue weighted by Gasteiger charge is 2.16. The monoisotopic (exact) mass is 462 g/mol. The fourth-order valence-corrected chi connectivity index (χ4v) is 4.63. The highest BCUT2D eigenvalue weighted by atomic mass is 35.5. The molecule has 0 unspecified atom stereocenters. The van der Waals surface area contributed by atoms with Gasteiger partial charge in [-0.15, -0.1) is 0 Å². The van der Waals surface area contributed by atoms with Crippen LogP contribution in [0.2, 0.25) is 5.02 Å². The van der Waals surface area contributed by atoms with Gasteiger partial charge >= 0.3 is 0 Å². The summed E-state index contributed by atoms with van der Waals surface area (Å²) in [5, 5.41) is 6.69. The van der Waals surface area contributed by atoms with Crippen molar-refractivity contribution in [3.63, 3.8) is 0 Å². The standard InChI is InChI=1S/C20H19ClN4O3S2/c1-2-9-25-18-8-7-16(30(22,26)27)10-17(18)24-20(25)29-12-15-11-28-19(23-15)13-3-5-14(21)6-4-13/h3-8,10-11H,2,9,12H2,1H3,(H2,22,26,27). The number of oxazole rings is 1. The second kappa shape index (κ2) is 8.43. The summed E-state index contributed by atoms with van der Waals surface area (Å²) in [5.74, 6) is 1.09. The van der Waals surface area contributed by atoms with Gasteiger partial charge in [0.25, 0.3) is 0 Å². The minimum atomic E-state index is -3.78. The van der Waals surface area contributed by atoms with E-state index in [0.29, 0.717) is 22.2 Å². The van der Waals surface area contributed by atoms with Gasteiger partial charge in [0.2, 0.25) is 15.9 Å². The summed E-state index contributed by atoms with van der Waals surface area (Å²) >= 11 is 7.44. The highest BCUT2D eigenvalue weighted by Crippen LogP contribution is 2.29. The molecule has 30 heavy (non-hydrogen) atoms. The smallest absolute Gasteiger partial charge is 0.238 e. The molecule has 2 N–H and O–H groups in total. The van der Waals surface area contributed by atoms with E-state index in [2.05, 4.69) is 21.5 Å². The third-order valence-corrected chi connectivity index (χ3v) is 6.63. The Morgan fingerprint density at radius 1 is 1.17 bits per heavy atom. The molecule has 0 saturated heterocycles. The molecular weight excluding hydrogens is 444 g/mol. The molecule has 4 aromatic rings. The summed E-state index contributed by atoms with van der Waals surface area (Å²) in [5.41, 5.74) is 3.10. The molecular formula is C20H19ClN4O3S2. The maximum Gasteiger partial charge on any atom is 0.238 e. The van der Waals surface area contributed by atoms with E-state index < -0.39 is 10.0 Å². The Balaban J connectivity index is 1.59. The molecule has 0 aliphatic carbocycles. The summed E-state index contributed by atoms with van der Waals surface area (Å²) < 4.78 is 31.0. The largest absolute Gasteiger partial charge is 0.444 e. The minimum Gasteiger partial charge on any atom is -0.444 e. The van der Waals surface area contributed by atoms with Crippen LogP contribution in [0.5, 0.6) is 0 Å².